The number of hydrogen-bond acceptors (Lipinski definition) is 5. The molecule has 0 aliphatic heterocycles. The van der Waals surface area contributed by atoms with Crippen molar-refractivity contribution in [3.8, 4) is 5.75 Å². The average molecular weight is 337 g/mol. The normalized spacial score (nSPS) is 12.1. The SMILES string of the molecule is CCOc1ccc(CNC(C)c2nc(Cc3ccccc3)no2)cc1. The Morgan fingerprint density at radius 2 is 1.80 bits per heavy atom. The van der Waals surface area contributed by atoms with E-state index < -0.39 is 0 Å². The van der Waals surface area contributed by atoms with Gasteiger partial charge in [-0.25, -0.2) is 0 Å². The van der Waals surface area contributed by atoms with Gasteiger partial charge in [-0.15, -0.1) is 0 Å². The van der Waals surface area contributed by atoms with E-state index in [9.17, 15) is 0 Å². The zero-order chi connectivity index (χ0) is 17.5. The predicted molar refractivity (Wildman–Crippen MR) is 96.4 cm³/mol. The Hall–Kier alpha value is -2.66. The van der Waals surface area contributed by atoms with Crippen LogP contribution in [0.15, 0.2) is 59.1 Å². The predicted octanol–water partition coefficient (Wildman–Crippen LogP) is 3.91. The maximum atomic E-state index is 5.45. The second kappa shape index (κ2) is 8.44. The molecule has 2 aromatic carbocycles. The van der Waals surface area contributed by atoms with Crippen LogP contribution in [0.1, 0.15) is 42.7 Å². The molecule has 0 aliphatic carbocycles. The lowest BCUT2D eigenvalue weighted by Crippen LogP contribution is -2.18. The summed E-state index contributed by atoms with van der Waals surface area (Å²) in [6, 6.07) is 18.2. The lowest BCUT2D eigenvalue weighted by Gasteiger charge is -2.10. The highest BCUT2D eigenvalue weighted by Crippen LogP contribution is 2.15. The van der Waals surface area contributed by atoms with Crippen LogP contribution in [0.5, 0.6) is 5.75 Å². The topological polar surface area (TPSA) is 60.2 Å². The molecule has 0 fully saturated rings. The van der Waals surface area contributed by atoms with Gasteiger partial charge >= 0.3 is 0 Å². The summed E-state index contributed by atoms with van der Waals surface area (Å²) in [5, 5.41) is 7.48. The molecule has 1 aromatic heterocycles. The van der Waals surface area contributed by atoms with Crippen LogP contribution in [0.4, 0.5) is 0 Å². The average Bonchev–Trinajstić information content (AvgIpc) is 3.10. The Kier molecular flexibility index (Phi) is 5.80. The molecule has 5 nitrogen and oxygen atoms in total. The van der Waals surface area contributed by atoms with E-state index in [1.54, 1.807) is 0 Å². The molecule has 0 saturated heterocycles. The van der Waals surface area contributed by atoms with Gasteiger partial charge in [0.1, 0.15) is 5.75 Å². The van der Waals surface area contributed by atoms with Crippen LogP contribution >= 0.6 is 0 Å². The van der Waals surface area contributed by atoms with Crippen molar-refractivity contribution < 1.29 is 9.26 Å². The Bertz CT molecular complexity index is 769. The summed E-state index contributed by atoms with van der Waals surface area (Å²) < 4.78 is 10.8. The molecule has 0 bridgehead atoms. The molecule has 0 amide bonds. The molecule has 1 atom stereocenters. The van der Waals surface area contributed by atoms with Gasteiger partial charge in [0.25, 0.3) is 0 Å². The van der Waals surface area contributed by atoms with Gasteiger partial charge in [0, 0.05) is 13.0 Å². The molecule has 130 valence electrons. The number of benzene rings is 2. The van der Waals surface area contributed by atoms with E-state index in [1.165, 1.54) is 11.1 Å². The summed E-state index contributed by atoms with van der Waals surface area (Å²) in [5.74, 6) is 2.20. The van der Waals surface area contributed by atoms with E-state index in [4.69, 9.17) is 9.26 Å². The van der Waals surface area contributed by atoms with Gasteiger partial charge in [0.05, 0.1) is 12.6 Å². The standard InChI is InChI=1S/C20H23N3O2/c1-3-24-18-11-9-17(10-12-18)14-21-15(2)20-22-19(23-25-20)13-16-7-5-4-6-8-16/h4-12,15,21H,3,13-14H2,1-2H3. The third-order valence-electron chi connectivity index (χ3n) is 3.91. The van der Waals surface area contributed by atoms with Crippen molar-refractivity contribution in [1.29, 1.82) is 0 Å². The van der Waals surface area contributed by atoms with Crippen LogP contribution in [-0.2, 0) is 13.0 Å². The van der Waals surface area contributed by atoms with Gasteiger partial charge in [0.15, 0.2) is 5.82 Å². The molecule has 1 heterocycles. The molecule has 0 aliphatic rings. The largest absolute Gasteiger partial charge is 0.494 e. The lowest BCUT2D eigenvalue weighted by molar-refractivity contribution is 0.335. The number of ether oxygens (including phenoxy) is 1. The van der Waals surface area contributed by atoms with Crippen LogP contribution in [0.2, 0.25) is 0 Å². The van der Waals surface area contributed by atoms with Gasteiger partial charge in [-0.3, -0.25) is 0 Å². The quantitative estimate of drug-likeness (QED) is 0.675. The molecule has 0 spiro atoms. The van der Waals surface area contributed by atoms with Crippen molar-refractivity contribution in [2.75, 3.05) is 6.61 Å². The minimum Gasteiger partial charge on any atom is -0.494 e. The van der Waals surface area contributed by atoms with Crippen LogP contribution in [0, 0.1) is 0 Å². The molecule has 3 rings (SSSR count). The third kappa shape index (κ3) is 4.90. The molecular weight excluding hydrogens is 314 g/mol. The summed E-state index contributed by atoms with van der Waals surface area (Å²) >= 11 is 0. The van der Waals surface area contributed by atoms with E-state index in [-0.39, 0.29) is 6.04 Å². The zero-order valence-electron chi connectivity index (χ0n) is 14.6. The summed E-state index contributed by atoms with van der Waals surface area (Å²) in [5.41, 5.74) is 2.35. The maximum absolute atomic E-state index is 5.45. The van der Waals surface area contributed by atoms with Crippen molar-refractivity contribution >= 4 is 0 Å². The molecule has 1 N–H and O–H groups in total. The maximum Gasteiger partial charge on any atom is 0.243 e. The highest BCUT2D eigenvalue weighted by molar-refractivity contribution is 5.27. The first-order valence-corrected chi connectivity index (χ1v) is 8.56. The van der Waals surface area contributed by atoms with Gasteiger partial charge in [-0.1, -0.05) is 47.6 Å². The van der Waals surface area contributed by atoms with Crippen LogP contribution in [-0.4, -0.2) is 16.7 Å². The lowest BCUT2D eigenvalue weighted by atomic mass is 10.1. The summed E-state index contributed by atoms with van der Waals surface area (Å²) in [6.45, 7) is 5.41. The minimum atomic E-state index is -0.0106. The van der Waals surface area contributed by atoms with E-state index >= 15 is 0 Å². The van der Waals surface area contributed by atoms with Gasteiger partial charge in [0.2, 0.25) is 5.89 Å². The van der Waals surface area contributed by atoms with E-state index in [1.807, 2.05) is 44.2 Å². The minimum absolute atomic E-state index is 0.0106. The fourth-order valence-electron chi connectivity index (χ4n) is 2.52. The molecule has 5 heteroatoms. The number of hydrogen-bond donors (Lipinski definition) is 1. The van der Waals surface area contributed by atoms with E-state index in [0.717, 1.165) is 12.3 Å². The second-order valence-corrected chi connectivity index (χ2v) is 5.89. The van der Waals surface area contributed by atoms with Crippen LogP contribution in [0.25, 0.3) is 0 Å². The summed E-state index contributed by atoms with van der Waals surface area (Å²) in [7, 11) is 0. The van der Waals surface area contributed by atoms with E-state index in [2.05, 4.69) is 39.7 Å². The Morgan fingerprint density at radius 1 is 1.04 bits per heavy atom. The van der Waals surface area contributed by atoms with Crippen molar-refractivity contribution in [2.45, 2.75) is 32.9 Å². The molecule has 3 aromatic rings. The number of nitrogens with one attached hydrogen (secondary N) is 1. The van der Waals surface area contributed by atoms with Crippen molar-refractivity contribution in [1.82, 2.24) is 15.5 Å². The highest BCUT2D eigenvalue weighted by Gasteiger charge is 2.14. The van der Waals surface area contributed by atoms with E-state index in [0.29, 0.717) is 24.7 Å². The first-order valence-electron chi connectivity index (χ1n) is 8.56. The molecule has 0 saturated carbocycles. The zero-order valence-corrected chi connectivity index (χ0v) is 14.6. The van der Waals surface area contributed by atoms with Crippen molar-refractivity contribution in [2.24, 2.45) is 0 Å². The molecule has 0 radical (unpaired) electrons. The molecular formula is C20H23N3O2. The Labute approximate surface area is 148 Å². The second-order valence-electron chi connectivity index (χ2n) is 5.89. The monoisotopic (exact) mass is 337 g/mol. The fourth-order valence-corrected chi connectivity index (χ4v) is 2.52. The van der Waals surface area contributed by atoms with Gasteiger partial charge in [-0.05, 0) is 37.1 Å². The van der Waals surface area contributed by atoms with Crippen LogP contribution in [0.3, 0.4) is 0 Å². The van der Waals surface area contributed by atoms with Crippen molar-refractivity contribution in [3.63, 3.8) is 0 Å². The molecule has 25 heavy (non-hydrogen) atoms. The third-order valence-corrected chi connectivity index (χ3v) is 3.91. The number of aromatic nitrogens is 2. The van der Waals surface area contributed by atoms with Crippen LogP contribution < -0.4 is 10.1 Å². The Morgan fingerprint density at radius 3 is 2.52 bits per heavy atom. The Balaban J connectivity index is 1.53. The summed E-state index contributed by atoms with van der Waals surface area (Å²) in [6.07, 6.45) is 0.677. The van der Waals surface area contributed by atoms with Crippen molar-refractivity contribution in [3.05, 3.63) is 77.4 Å². The van der Waals surface area contributed by atoms with Gasteiger partial charge < -0.3 is 14.6 Å². The number of nitrogens with zero attached hydrogens (tertiary/aromatic N) is 2. The number of rotatable bonds is 8. The smallest absolute Gasteiger partial charge is 0.243 e. The van der Waals surface area contributed by atoms with Gasteiger partial charge in [-0.2, -0.15) is 4.98 Å². The fraction of sp³-hybridized carbons (Fsp3) is 0.300. The summed E-state index contributed by atoms with van der Waals surface area (Å²) in [4.78, 5) is 4.50. The molecule has 1 unspecified atom stereocenters. The highest BCUT2D eigenvalue weighted by atomic mass is 16.5. The first-order chi connectivity index (χ1) is 12.2. The first kappa shape index (κ1) is 17.2.